The van der Waals surface area contributed by atoms with E-state index in [-0.39, 0.29) is 5.91 Å². The lowest BCUT2D eigenvalue weighted by atomic mass is 10.2. The molecule has 8 heteroatoms. The minimum Gasteiger partial charge on any atom is -0.493 e. The molecule has 0 saturated carbocycles. The minimum atomic E-state index is -0.408. The predicted octanol–water partition coefficient (Wildman–Crippen LogP) is 4.62. The molecule has 2 N–H and O–H groups in total. The Morgan fingerprint density at radius 3 is 2.37 bits per heavy atom. The minimum absolute atomic E-state index is 0.261. The molecule has 0 aliphatic rings. The summed E-state index contributed by atoms with van der Waals surface area (Å²) in [5.41, 5.74) is 1.49. The molecule has 0 aliphatic heterocycles. The molecule has 0 atom stereocenters. The Balaban J connectivity index is 2.20. The number of anilines is 2. The van der Waals surface area contributed by atoms with Crippen molar-refractivity contribution in [1.82, 2.24) is 0 Å². The van der Waals surface area contributed by atoms with Crippen molar-refractivity contribution in [3.05, 3.63) is 52.0 Å². The summed E-state index contributed by atoms with van der Waals surface area (Å²) in [6, 6.07) is 8.11. The van der Waals surface area contributed by atoms with Crippen molar-refractivity contribution in [2.24, 2.45) is 0 Å². The lowest BCUT2D eigenvalue weighted by molar-refractivity contribution is -0.114. The highest BCUT2D eigenvalue weighted by Crippen LogP contribution is 2.36. The van der Waals surface area contributed by atoms with Gasteiger partial charge in [-0.15, -0.1) is 0 Å². The number of carbonyl (C=O) groups excluding carboxylic acids is 2. The predicted molar refractivity (Wildman–Crippen MR) is 108 cm³/mol. The van der Waals surface area contributed by atoms with Crippen LogP contribution in [0.3, 0.4) is 0 Å². The largest absolute Gasteiger partial charge is 0.493 e. The molecule has 0 fully saturated rings. The Hall–Kier alpha value is -2.70. The Kier molecular flexibility index (Phi) is 7.10. The quantitative estimate of drug-likeness (QED) is 0.683. The monoisotopic (exact) mass is 408 g/mol. The fraction of sp³-hybridized carbons (Fsp3) is 0.158. The molecule has 2 rings (SSSR count). The summed E-state index contributed by atoms with van der Waals surface area (Å²) in [5, 5.41) is 6.10. The standard InChI is InChI=1S/C19H18Cl2N2O4/c1-11(24)22-15-6-5-13(20)10-16(15)23-18(25)7-4-12-8-14(21)19(27-3)17(9-12)26-2/h4-10H,1-3H3,(H,22,24)(H,23,25)/b7-4+. The fourth-order valence-corrected chi connectivity index (χ4v) is 2.77. The number of nitrogens with one attached hydrogen (secondary N) is 2. The van der Waals surface area contributed by atoms with Crippen LogP contribution in [0.15, 0.2) is 36.4 Å². The molecule has 0 saturated heterocycles. The maximum atomic E-state index is 12.3. The van der Waals surface area contributed by atoms with E-state index in [0.717, 1.165) is 0 Å². The normalized spacial score (nSPS) is 10.6. The first-order valence-electron chi connectivity index (χ1n) is 7.81. The van der Waals surface area contributed by atoms with Crippen LogP contribution >= 0.6 is 23.2 Å². The average molecular weight is 409 g/mol. The lowest BCUT2D eigenvalue weighted by Gasteiger charge is -2.11. The lowest BCUT2D eigenvalue weighted by Crippen LogP contribution is -2.13. The number of halogens is 2. The van der Waals surface area contributed by atoms with Gasteiger partial charge in [0.25, 0.3) is 0 Å². The number of ether oxygens (including phenoxy) is 2. The first-order valence-corrected chi connectivity index (χ1v) is 8.57. The van der Waals surface area contributed by atoms with E-state index in [0.29, 0.717) is 38.5 Å². The van der Waals surface area contributed by atoms with Gasteiger partial charge in [0, 0.05) is 18.0 Å². The second-order valence-electron chi connectivity index (χ2n) is 5.43. The van der Waals surface area contributed by atoms with Gasteiger partial charge in [-0.05, 0) is 42.0 Å². The first-order chi connectivity index (χ1) is 12.8. The van der Waals surface area contributed by atoms with Crippen molar-refractivity contribution in [2.45, 2.75) is 6.92 Å². The van der Waals surface area contributed by atoms with Crippen molar-refractivity contribution < 1.29 is 19.1 Å². The summed E-state index contributed by atoms with van der Waals surface area (Å²) in [6.07, 6.45) is 2.90. The SMILES string of the molecule is COc1cc(/C=C/C(=O)Nc2cc(Cl)ccc2NC(C)=O)cc(Cl)c1OC. The van der Waals surface area contributed by atoms with Crippen molar-refractivity contribution in [1.29, 1.82) is 0 Å². The molecule has 0 spiro atoms. The molecule has 2 aromatic carbocycles. The van der Waals surface area contributed by atoms with Gasteiger partial charge in [0.05, 0.1) is 30.6 Å². The first kappa shape index (κ1) is 20.6. The van der Waals surface area contributed by atoms with E-state index < -0.39 is 5.91 Å². The number of methoxy groups -OCH3 is 2. The van der Waals surface area contributed by atoms with Gasteiger partial charge in [-0.3, -0.25) is 9.59 Å². The zero-order chi connectivity index (χ0) is 20.0. The van der Waals surface area contributed by atoms with Crippen LogP contribution in [0.1, 0.15) is 12.5 Å². The third kappa shape index (κ3) is 5.64. The van der Waals surface area contributed by atoms with E-state index in [4.69, 9.17) is 32.7 Å². The molecule has 0 bridgehead atoms. The Labute approximate surface area is 167 Å². The van der Waals surface area contributed by atoms with E-state index in [1.165, 1.54) is 27.2 Å². The topological polar surface area (TPSA) is 76.7 Å². The molecule has 0 radical (unpaired) electrons. The average Bonchev–Trinajstić information content (AvgIpc) is 2.61. The zero-order valence-corrected chi connectivity index (χ0v) is 16.4. The van der Waals surface area contributed by atoms with E-state index in [2.05, 4.69) is 10.6 Å². The van der Waals surface area contributed by atoms with Crippen LogP contribution in [-0.2, 0) is 9.59 Å². The second-order valence-corrected chi connectivity index (χ2v) is 6.28. The second kappa shape index (κ2) is 9.30. The van der Waals surface area contributed by atoms with Crippen molar-refractivity contribution in [3.8, 4) is 11.5 Å². The number of rotatable bonds is 6. The highest BCUT2D eigenvalue weighted by molar-refractivity contribution is 6.32. The van der Waals surface area contributed by atoms with Gasteiger partial charge in [0.2, 0.25) is 11.8 Å². The number of benzene rings is 2. The van der Waals surface area contributed by atoms with Gasteiger partial charge in [0.1, 0.15) is 0 Å². The molecule has 2 aromatic rings. The summed E-state index contributed by atoms with van der Waals surface area (Å²) < 4.78 is 10.4. The summed E-state index contributed by atoms with van der Waals surface area (Å²) in [7, 11) is 2.99. The molecule has 0 heterocycles. The smallest absolute Gasteiger partial charge is 0.248 e. The van der Waals surface area contributed by atoms with Crippen LogP contribution in [0.4, 0.5) is 11.4 Å². The van der Waals surface area contributed by atoms with Crippen molar-refractivity contribution >= 4 is 52.5 Å². The van der Waals surface area contributed by atoms with Gasteiger partial charge in [-0.2, -0.15) is 0 Å². The van der Waals surface area contributed by atoms with Gasteiger partial charge in [-0.1, -0.05) is 23.2 Å². The van der Waals surface area contributed by atoms with Gasteiger partial charge in [-0.25, -0.2) is 0 Å². The van der Waals surface area contributed by atoms with Crippen LogP contribution in [0.5, 0.6) is 11.5 Å². The summed E-state index contributed by atoms with van der Waals surface area (Å²) >= 11 is 12.1. The van der Waals surface area contributed by atoms with Crippen molar-refractivity contribution in [2.75, 3.05) is 24.9 Å². The number of amides is 2. The van der Waals surface area contributed by atoms with Crippen LogP contribution in [0.2, 0.25) is 10.0 Å². The van der Waals surface area contributed by atoms with Gasteiger partial charge in [0.15, 0.2) is 11.5 Å². The van der Waals surface area contributed by atoms with Crippen LogP contribution < -0.4 is 20.1 Å². The maximum Gasteiger partial charge on any atom is 0.248 e. The Morgan fingerprint density at radius 1 is 1.00 bits per heavy atom. The van der Waals surface area contributed by atoms with E-state index >= 15 is 0 Å². The van der Waals surface area contributed by atoms with Gasteiger partial charge >= 0.3 is 0 Å². The number of carbonyl (C=O) groups is 2. The zero-order valence-electron chi connectivity index (χ0n) is 14.9. The summed E-state index contributed by atoms with van der Waals surface area (Å²) in [6.45, 7) is 1.38. The Morgan fingerprint density at radius 2 is 1.74 bits per heavy atom. The molecular weight excluding hydrogens is 391 g/mol. The van der Waals surface area contributed by atoms with Crippen LogP contribution in [0, 0.1) is 0 Å². The molecule has 142 valence electrons. The Bertz CT molecular complexity index is 898. The summed E-state index contributed by atoms with van der Waals surface area (Å²) in [5.74, 6) is 0.200. The molecule has 0 unspecified atom stereocenters. The number of hydrogen-bond donors (Lipinski definition) is 2. The van der Waals surface area contributed by atoms with E-state index in [9.17, 15) is 9.59 Å². The van der Waals surface area contributed by atoms with Crippen molar-refractivity contribution in [3.63, 3.8) is 0 Å². The third-order valence-corrected chi connectivity index (χ3v) is 3.95. The molecule has 0 aliphatic carbocycles. The van der Waals surface area contributed by atoms with E-state index in [1.54, 1.807) is 36.4 Å². The third-order valence-electron chi connectivity index (χ3n) is 3.43. The fourth-order valence-electron chi connectivity index (χ4n) is 2.30. The molecular formula is C19H18Cl2N2O4. The van der Waals surface area contributed by atoms with Crippen LogP contribution in [0.25, 0.3) is 6.08 Å². The highest BCUT2D eigenvalue weighted by atomic mass is 35.5. The number of hydrogen-bond acceptors (Lipinski definition) is 4. The van der Waals surface area contributed by atoms with Gasteiger partial charge < -0.3 is 20.1 Å². The molecule has 2 amide bonds. The molecule has 6 nitrogen and oxygen atoms in total. The summed E-state index contributed by atoms with van der Waals surface area (Å²) in [4.78, 5) is 23.5. The maximum absolute atomic E-state index is 12.3. The highest BCUT2D eigenvalue weighted by Gasteiger charge is 2.11. The van der Waals surface area contributed by atoms with Crippen LogP contribution in [-0.4, -0.2) is 26.0 Å². The molecule has 0 aromatic heterocycles. The molecule has 27 heavy (non-hydrogen) atoms. The van der Waals surface area contributed by atoms with E-state index in [1.807, 2.05) is 0 Å².